The minimum absolute atomic E-state index is 0.836. The fraction of sp³-hybridized carbons (Fsp3) is 0.0204. The molecule has 7 heteroatoms. The van der Waals surface area contributed by atoms with Gasteiger partial charge in [0.1, 0.15) is 0 Å². The average Bonchev–Trinajstić information content (AvgIpc) is 3.24. The molecule has 0 aliphatic carbocycles. The molecule has 1 N–H and O–H groups in total. The monoisotopic (exact) mass is 754 g/mol. The summed E-state index contributed by atoms with van der Waals surface area (Å²) in [5.74, 6) is 1.68. The molecule has 1 radical (unpaired) electrons. The van der Waals surface area contributed by atoms with E-state index in [0.717, 1.165) is 79.1 Å². The molecule has 0 bridgehead atoms. The van der Waals surface area contributed by atoms with Crippen LogP contribution in [0.25, 0.3) is 11.1 Å². The van der Waals surface area contributed by atoms with Gasteiger partial charge in [-0.3, -0.25) is 0 Å². The van der Waals surface area contributed by atoms with Crippen molar-refractivity contribution in [2.24, 2.45) is 0 Å². The average molecular weight is 755 g/mol. The third-order valence-electron chi connectivity index (χ3n) is 10.6. The van der Waals surface area contributed by atoms with Crippen LogP contribution in [0.3, 0.4) is 0 Å². The number of anilines is 8. The summed E-state index contributed by atoms with van der Waals surface area (Å²) in [6.07, 6.45) is 0. The Bertz CT molecular complexity index is 2790. The highest BCUT2D eigenvalue weighted by Gasteiger charge is 2.36. The van der Waals surface area contributed by atoms with E-state index in [1.165, 1.54) is 25.1 Å². The maximum absolute atomic E-state index is 6.57. The summed E-state index contributed by atoms with van der Waals surface area (Å²) in [6.45, 7) is 2.17. The van der Waals surface area contributed by atoms with E-state index in [2.05, 4.69) is 199 Å². The summed E-state index contributed by atoms with van der Waals surface area (Å²) in [7, 11) is 2.35. The van der Waals surface area contributed by atoms with Gasteiger partial charge in [-0.1, -0.05) is 120 Å². The molecule has 8 aromatic rings. The molecule has 0 unspecified atom stereocenters. The molecule has 11 rings (SSSR count). The number of rotatable bonds is 6. The van der Waals surface area contributed by atoms with Gasteiger partial charge in [-0.2, -0.15) is 0 Å². The number of para-hydroxylation sites is 6. The molecule has 0 saturated carbocycles. The largest absolute Gasteiger partial charge is 0.453 e. The van der Waals surface area contributed by atoms with Gasteiger partial charge in [-0.25, -0.2) is 0 Å². The van der Waals surface area contributed by atoms with Crippen molar-refractivity contribution in [2.75, 3.05) is 15.1 Å². The minimum atomic E-state index is 0.836. The fourth-order valence-corrected chi connectivity index (χ4v) is 10.3. The van der Waals surface area contributed by atoms with E-state index in [1.54, 1.807) is 0 Å². The number of fused-ring (bicyclic) bond motifs is 6. The van der Waals surface area contributed by atoms with Crippen LogP contribution in [0.1, 0.15) is 5.56 Å². The van der Waals surface area contributed by atoms with Gasteiger partial charge in [-0.05, 0) is 108 Å². The number of nitrogens with zero attached hydrogens (tertiary/aromatic N) is 2. The second-order valence-corrected chi connectivity index (χ2v) is 16.3. The van der Waals surface area contributed by atoms with Crippen LogP contribution in [-0.4, -0.2) is 7.28 Å². The highest BCUT2D eigenvalue weighted by molar-refractivity contribution is 8.05. The van der Waals surface area contributed by atoms with Crippen LogP contribution in [0.2, 0.25) is 0 Å². The quantitative estimate of drug-likeness (QED) is 0.170. The van der Waals surface area contributed by atoms with Crippen LogP contribution in [0.15, 0.2) is 196 Å². The van der Waals surface area contributed by atoms with E-state index in [-0.39, 0.29) is 0 Å². The highest BCUT2D eigenvalue weighted by atomic mass is 32.2. The van der Waals surface area contributed by atoms with Gasteiger partial charge in [0.05, 0.1) is 11.4 Å². The molecule has 265 valence electrons. The summed E-state index contributed by atoms with van der Waals surface area (Å²) < 4.78 is 6.57. The van der Waals surface area contributed by atoms with Crippen molar-refractivity contribution >= 4 is 87.2 Å². The molecule has 0 amide bonds. The molecule has 4 nitrogen and oxygen atoms in total. The summed E-state index contributed by atoms with van der Waals surface area (Å²) >= 11 is 3.69. The predicted molar refractivity (Wildman–Crippen MR) is 235 cm³/mol. The van der Waals surface area contributed by atoms with Crippen LogP contribution in [-0.2, 0) is 0 Å². The zero-order valence-corrected chi connectivity index (χ0v) is 32.1. The third kappa shape index (κ3) is 5.57. The van der Waals surface area contributed by atoms with Crippen molar-refractivity contribution in [3.8, 4) is 22.6 Å². The second-order valence-electron chi connectivity index (χ2n) is 14.1. The van der Waals surface area contributed by atoms with Gasteiger partial charge in [0.25, 0.3) is 0 Å². The van der Waals surface area contributed by atoms with E-state index in [1.807, 2.05) is 29.6 Å². The standard InChI is InChI=1S/C49H33BN3OS2/c1-31-15-8-9-21-38(31)51-39-30-47-46(55-44-25-12-13-26-45(44)56-47)29-35(39)36-27-34(52(32-16-4-2-5-17-32)33-18-6-3-7-19-33)28-41-48(36)50-37-20-14-24-43-49(37)53(41)40-22-10-11-23-42(40)54-43/h2-30,51H,1H3. The van der Waals surface area contributed by atoms with Crippen molar-refractivity contribution in [3.63, 3.8) is 0 Å². The van der Waals surface area contributed by atoms with E-state index in [0.29, 0.717) is 0 Å². The number of nitrogens with one attached hydrogen (secondary N) is 1. The Morgan fingerprint density at radius 3 is 1.91 bits per heavy atom. The highest BCUT2D eigenvalue weighted by Crippen LogP contribution is 2.54. The Labute approximate surface area is 336 Å². The third-order valence-corrected chi connectivity index (χ3v) is 13.2. The molecule has 8 aromatic carbocycles. The van der Waals surface area contributed by atoms with Gasteiger partial charge in [0, 0.05) is 59.3 Å². The van der Waals surface area contributed by atoms with Crippen molar-refractivity contribution < 1.29 is 4.74 Å². The molecule has 0 spiro atoms. The number of hydrogen-bond acceptors (Lipinski definition) is 6. The Balaban J connectivity index is 1.21. The van der Waals surface area contributed by atoms with Gasteiger partial charge in [-0.15, -0.1) is 0 Å². The lowest BCUT2D eigenvalue weighted by Crippen LogP contribution is -2.42. The number of hydrogen-bond donors (Lipinski definition) is 1. The van der Waals surface area contributed by atoms with Crippen LogP contribution >= 0.6 is 23.5 Å². The minimum Gasteiger partial charge on any atom is -0.453 e. The first kappa shape index (κ1) is 33.1. The SMILES string of the molecule is Cc1ccccc1Nc1cc2c(cc1-c1cc(N(c3ccccc3)c3ccccc3)cc3c1[B]c1cccc4c1N3c1ccccc1O4)Sc1ccccc1S2. The molecule has 0 aromatic heterocycles. The summed E-state index contributed by atoms with van der Waals surface area (Å²) in [5.41, 5.74) is 14.3. The Morgan fingerprint density at radius 1 is 0.518 bits per heavy atom. The van der Waals surface area contributed by atoms with Crippen molar-refractivity contribution in [2.45, 2.75) is 26.5 Å². The lowest BCUT2D eigenvalue weighted by molar-refractivity contribution is 0.477. The predicted octanol–water partition coefficient (Wildman–Crippen LogP) is 13.0. The van der Waals surface area contributed by atoms with Crippen molar-refractivity contribution in [1.82, 2.24) is 0 Å². The molecule has 3 heterocycles. The lowest BCUT2D eigenvalue weighted by Gasteiger charge is -2.40. The molecule has 0 atom stereocenters. The molecular weight excluding hydrogens is 722 g/mol. The normalized spacial score (nSPS) is 12.8. The number of benzene rings is 8. The van der Waals surface area contributed by atoms with Crippen molar-refractivity contribution in [1.29, 1.82) is 0 Å². The first-order chi connectivity index (χ1) is 27.7. The molecule has 0 saturated heterocycles. The van der Waals surface area contributed by atoms with Crippen LogP contribution in [0.4, 0.5) is 45.5 Å². The molecule has 56 heavy (non-hydrogen) atoms. The smallest absolute Gasteiger partial charge is 0.198 e. The zero-order chi connectivity index (χ0) is 37.2. The summed E-state index contributed by atoms with van der Waals surface area (Å²) in [5, 5.41) is 3.93. The van der Waals surface area contributed by atoms with Crippen molar-refractivity contribution in [3.05, 3.63) is 181 Å². The Morgan fingerprint density at radius 2 is 1.16 bits per heavy atom. The molecule has 3 aliphatic rings. The number of ether oxygens (including phenoxy) is 1. The second kappa shape index (κ2) is 13.5. The lowest BCUT2D eigenvalue weighted by atomic mass is 9.58. The van der Waals surface area contributed by atoms with Crippen LogP contribution in [0, 0.1) is 6.92 Å². The van der Waals surface area contributed by atoms with Crippen LogP contribution < -0.4 is 30.8 Å². The topological polar surface area (TPSA) is 27.7 Å². The summed E-state index contributed by atoms with van der Waals surface area (Å²) in [4.78, 5) is 9.83. The Hall–Kier alpha value is -6.28. The Kier molecular flexibility index (Phi) is 7.97. The first-order valence-corrected chi connectivity index (χ1v) is 20.4. The molecule has 3 aliphatic heterocycles. The first-order valence-electron chi connectivity index (χ1n) is 18.8. The van der Waals surface area contributed by atoms with Gasteiger partial charge in [0.15, 0.2) is 18.8 Å². The summed E-state index contributed by atoms with van der Waals surface area (Å²) in [6, 6.07) is 62.8. The van der Waals surface area contributed by atoms with E-state index >= 15 is 0 Å². The van der Waals surface area contributed by atoms with Gasteiger partial charge in [0.2, 0.25) is 0 Å². The van der Waals surface area contributed by atoms with Crippen LogP contribution in [0.5, 0.6) is 11.5 Å². The van der Waals surface area contributed by atoms with E-state index < -0.39 is 0 Å². The maximum atomic E-state index is 6.57. The van der Waals surface area contributed by atoms with E-state index in [9.17, 15) is 0 Å². The van der Waals surface area contributed by atoms with Gasteiger partial charge >= 0.3 is 0 Å². The molecular formula is C49H33BN3OS2. The number of aryl methyl sites for hydroxylation is 1. The van der Waals surface area contributed by atoms with Gasteiger partial charge < -0.3 is 19.9 Å². The molecule has 0 fully saturated rings. The maximum Gasteiger partial charge on any atom is 0.198 e. The zero-order valence-electron chi connectivity index (χ0n) is 30.4. The fourth-order valence-electron chi connectivity index (χ4n) is 8.02. The van der Waals surface area contributed by atoms with E-state index in [4.69, 9.17) is 4.74 Å².